The number of hydrogen-bond acceptors (Lipinski definition) is 6. The first kappa shape index (κ1) is 16.3. The molecule has 0 radical (unpaired) electrons. The second kappa shape index (κ2) is 6.62. The van der Waals surface area contributed by atoms with Gasteiger partial charge in [-0.05, 0) is 22.8 Å². The largest absolute Gasteiger partial charge is 0.391 e. The third-order valence-electron chi connectivity index (χ3n) is 4.99. The molecule has 6 nitrogen and oxygen atoms in total. The van der Waals surface area contributed by atoms with E-state index < -0.39 is 6.10 Å². The van der Waals surface area contributed by atoms with Gasteiger partial charge in [-0.3, -0.25) is 0 Å². The van der Waals surface area contributed by atoms with E-state index in [0.29, 0.717) is 12.5 Å². The first-order valence-corrected chi connectivity index (χ1v) is 8.60. The highest BCUT2D eigenvalue weighted by atomic mass is 16.3. The number of aliphatic hydroxyl groups is 1. The molecule has 3 N–H and O–H groups in total. The molecule has 0 spiro atoms. The number of anilines is 2. The standard InChI is InChI=1S/C20H19N5O/c21-10-16-11-23-20(24-19(16)22)25-8-7-17(18(26)12-25)15-6-5-13-3-1-2-4-14(13)9-15/h1-6,9,11,17-18,26H,7-8,12H2,(H2,22,23,24)/t17-,18+/m0/s1. The maximum Gasteiger partial charge on any atom is 0.227 e. The Bertz CT molecular complexity index is 997. The Morgan fingerprint density at radius 2 is 2.00 bits per heavy atom. The molecule has 0 aliphatic carbocycles. The van der Waals surface area contributed by atoms with Crippen LogP contribution in [-0.4, -0.2) is 34.3 Å². The maximum atomic E-state index is 10.7. The maximum absolute atomic E-state index is 10.7. The molecule has 26 heavy (non-hydrogen) atoms. The summed E-state index contributed by atoms with van der Waals surface area (Å²) >= 11 is 0. The van der Waals surface area contributed by atoms with Gasteiger partial charge in [-0.2, -0.15) is 10.2 Å². The molecule has 2 heterocycles. The number of aliphatic hydroxyl groups excluding tert-OH is 1. The molecule has 130 valence electrons. The van der Waals surface area contributed by atoms with Gasteiger partial charge >= 0.3 is 0 Å². The van der Waals surface area contributed by atoms with E-state index in [1.54, 1.807) is 0 Å². The molecule has 0 saturated carbocycles. The fourth-order valence-corrected chi connectivity index (χ4v) is 3.56. The fraction of sp³-hybridized carbons (Fsp3) is 0.250. The van der Waals surface area contributed by atoms with Crippen molar-refractivity contribution < 1.29 is 5.11 Å². The summed E-state index contributed by atoms with van der Waals surface area (Å²) in [5.41, 5.74) is 7.20. The minimum atomic E-state index is -0.523. The number of fused-ring (bicyclic) bond motifs is 1. The number of hydrogen-bond donors (Lipinski definition) is 2. The molecule has 4 rings (SSSR count). The van der Waals surface area contributed by atoms with Crippen LogP contribution in [0.1, 0.15) is 23.5 Å². The van der Waals surface area contributed by atoms with Gasteiger partial charge in [0.1, 0.15) is 17.5 Å². The summed E-state index contributed by atoms with van der Waals surface area (Å²) in [5, 5.41) is 22.0. The van der Waals surface area contributed by atoms with Crippen molar-refractivity contribution in [2.75, 3.05) is 23.7 Å². The van der Waals surface area contributed by atoms with Crippen molar-refractivity contribution in [1.82, 2.24) is 9.97 Å². The quantitative estimate of drug-likeness (QED) is 0.740. The van der Waals surface area contributed by atoms with Gasteiger partial charge in [0.15, 0.2) is 0 Å². The van der Waals surface area contributed by atoms with Crippen LogP contribution in [0.5, 0.6) is 0 Å². The summed E-state index contributed by atoms with van der Waals surface area (Å²) in [4.78, 5) is 10.3. The van der Waals surface area contributed by atoms with Crippen LogP contribution in [-0.2, 0) is 0 Å². The number of nitrogen functional groups attached to an aromatic ring is 1. The van der Waals surface area contributed by atoms with E-state index in [4.69, 9.17) is 11.0 Å². The van der Waals surface area contributed by atoms with Crippen LogP contribution < -0.4 is 10.6 Å². The van der Waals surface area contributed by atoms with Crippen molar-refractivity contribution in [2.45, 2.75) is 18.4 Å². The fourth-order valence-electron chi connectivity index (χ4n) is 3.56. The van der Waals surface area contributed by atoms with Crippen molar-refractivity contribution in [3.8, 4) is 6.07 Å². The molecule has 0 amide bonds. The Balaban J connectivity index is 1.54. The Hall–Kier alpha value is -3.17. The number of piperidine rings is 1. The highest BCUT2D eigenvalue weighted by Gasteiger charge is 2.30. The predicted molar refractivity (Wildman–Crippen MR) is 101 cm³/mol. The SMILES string of the molecule is N#Cc1cnc(N2CC[C@@H](c3ccc4ccccc4c3)[C@H](O)C2)nc1N. The number of nitrogens with two attached hydrogens (primary N) is 1. The number of benzene rings is 2. The Morgan fingerprint density at radius 1 is 1.19 bits per heavy atom. The van der Waals surface area contributed by atoms with Crippen LogP contribution in [0.15, 0.2) is 48.7 Å². The zero-order valence-electron chi connectivity index (χ0n) is 14.2. The molecule has 2 aromatic carbocycles. The van der Waals surface area contributed by atoms with Gasteiger partial charge in [-0.15, -0.1) is 0 Å². The second-order valence-corrected chi connectivity index (χ2v) is 6.60. The summed E-state index contributed by atoms with van der Waals surface area (Å²) in [6.45, 7) is 1.16. The van der Waals surface area contributed by atoms with E-state index in [-0.39, 0.29) is 17.3 Å². The first-order chi connectivity index (χ1) is 12.7. The lowest BCUT2D eigenvalue weighted by Gasteiger charge is -2.36. The van der Waals surface area contributed by atoms with E-state index in [0.717, 1.165) is 18.5 Å². The lowest BCUT2D eigenvalue weighted by atomic mass is 9.86. The van der Waals surface area contributed by atoms with Crippen LogP contribution in [0.25, 0.3) is 10.8 Å². The Labute approximate surface area is 151 Å². The van der Waals surface area contributed by atoms with Crippen molar-refractivity contribution >= 4 is 22.5 Å². The monoisotopic (exact) mass is 345 g/mol. The lowest BCUT2D eigenvalue weighted by molar-refractivity contribution is 0.129. The van der Waals surface area contributed by atoms with Crippen molar-refractivity contribution in [3.05, 3.63) is 59.8 Å². The highest BCUT2D eigenvalue weighted by Crippen LogP contribution is 2.31. The van der Waals surface area contributed by atoms with Gasteiger partial charge in [-0.1, -0.05) is 42.5 Å². The normalized spacial score (nSPS) is 20.1. The third kappa shape index (κ3) is 2.93. The average molecular weight is 345 g/mol. The number of nitrogens with zero attached hydrogens (tertiary/aromatic N) is 4. The molecule has 1 fully saturated rings. The van der Waals surface area contributed by atoms with Crippen LogP contribution in [0, 0.1) is 11.3 Å². The molecule has 1 aliphatic rings. The lowest BCUT2D eigenvalue weighted by Crippen LogP contribution is -2.43. The van der Waals surface area contributed by atoms with Gasteiger partial charge in [0.25, 0.3) is 0 Å². The van der Waals surface area contributed by atoms with E-state index >= 15 is 0 Å². The molecule has 2 atom stereocenters. The number of β-amino-alcohol motifs (C(OH)–C–C–N with tert-alkyl or cyclic N) is 1. The summed E-state index contributed by atoms with van der Waals surface area (Å²) in [5.74, 6) is 0.702. The van der Waals surface area contributed by atoms with E-state index in [1.807, 2.05) is 23.1 Å². The number of rotatable bonds is 2. The minimum absolute atomic E-state index is 0.0755. The first-order valence-electron chi connectivity index (χ1n) is 8.60. The van der Waals surface area contributed by atoms with Crippen molar-refractivity contribution in [3.63, 3.8) is 0 Å². The van der Waals surface area contributed by atoms with Gasteiger partial charge in [0.05, 0.1) is 12.3 Å². The smallest absolute Gasteiger partial charge is 0.227 e. The summed E-state index contributed by atoms with van der Waals surface area (Å²) in [7, 11) is 0. The van der Waals surface area contributed by atoms with Crippen molar-refractivity contribution in [1.29, 1.82) is 5.26 Å². The molecule has 0 bridgehead atoms. The Morgan fingerprint density at radius 3 is 2.73 bits per heavy atom. The zero-order chi connectivity index (χ0) is 18.1. The number of nitriles is 1. The summed E-state index contributed by atoms with van der Waals surface area (Å²) in [6, 6.07) is 16.6. The van der Waals surface area contributed by atoms with Crippen LogP contribution >= 0.6 is 0 Å². The zero-order valence-corrected chi connectivity index (χ0v) is 14.2. The summed E-state index contributed by atoms with van der Waals surface area (Å²) in [6.07, 6.45) is 1.70. The molecule has 1 saturated heterocycles. The molecule has 1 aromatic heterocycles. The van der Waals surface area contributed by atoms with E-state index in [9.17, 15) is 5.11 Å². The predicted octanol–water partition coefficient (Wildman–Crippen LogP) is 2.44. The Kier molecular flexibility index (Phi) is 4.15. The van der Waals surface area contributed by atoms with Crippen LogP contribution in [0.2, 0.25) is 0 Å². The topological polar surface area (TPSA) is 99.1 Å². The molecule has 1 aliphatic heterocycles. The minimum Gasteiger partial charge on any atom is -0.391 e. The van der Waals surface area contributed by atoms with E-state index in [2.05, 4.69) is 40.3 Å². The number of aromatic nitrogens is 2. The second-order valence-electron chi connectivity index (χ2n) is 6.60. The summed E-state index contributed by atoms with van der Waals surface area (Å²) < 4.78 is 0. The van der Waals surface area contributed by atoms with E-state index in [1.165, 1.54) is 17.0 Å². The highest BCUT2D eigenvalue weighted by molar-refractivity contribution is 5.83. The third-order valence-corrected chi connectivity index (χ3v) is 4.99. The van der Waals surface area contributed by atoms with Gasteiger partial charge in [0.2, 0.25) is 5.95 Å². The molecular formula is C20H19N5O. The van der Waals surface area contributed by atoms with Crippen LogP contribution in [0.4, 0.5) is 11.8 Å². The van der Waals surface area contributed by atoms with Crippen molar-refractivity contribution in [2.24, 2.45) is 0 Å². The average Bonchev–Trinajstić information content (AvgIpc) is 2.67. The van der Waals surface area contributed by atoms with Crippen LogP contribution in [0.3, 0.4) is 0 Å². The van der Waals surface area contributed by atoms with Gasteiger partial charge < -0.3 is 15.7 Å². The van der Waals surface area contributed by atoms with Gasteiger partial charge in [-0.25, -0.2) is 4.98 Å². The van der Waals surface area contributed by atoms with Gasteiger partial charge in [0, 0.05) is 19.0 Å². The molecule has 6 heteroatoms. The molecular weight excluding hydrogens is 326 g/mol. The molecule has 0 unspecified atom stereocenters. The molecule has 3 aromatic rings.